The normalized spacial score (nSPS) is 19.9. The molecule has 0 amide bonds. The van der Waals surface area contributed by atoms with Gasteiger partial charge in [-0.3, -0.25) is 4.90 Å². The van der Waals surface area contributed by atoms with Crippen LogP contribution in [0.4, 0.5) is 13.2 Å². The second kappa shape index (κ2) is 7.20. The summed E-state index contributed by atoms with van der Waals surface area (Å²) < 4.78 is 39.3. The van der Waals surface area contributed by atoms with Crippen LogP contribution in [0, 0.1) is 5.92 Å². The minimum atomic E-state index is -4.42. The summed E-state index contributed by atoms with van der Waals surface area (Å²) in [7, 11) is 0. The van der Waals surface area contributed by atoms with E-state index in [0.717, 1.165) is 38.7 Å². The van der Waals surface area contributed by atoms with Gasteiger partial charge in [0.1, 0.15) is 0 Å². The minimum Gasteiger partial charge on any atom is -0.314 e. The Kier molecular flexibility index (Phi) is 5.75. The van der Waals surface area contributed by atoms with Gasteiger partial charge in [0.25, 0.3) is 0 Å². The van der Waals surface area contributed by atoms with E-state index in [0.29, 0.717) is 5.56 Å². The molecule has 1 aromatic carbocycles. The molecule has 1 saturated heterocycles. The van der Waals surface area contributed by atoms with Gasteiger partial charge in [0.15, 0.2) is 0 Å². The van der Waals surface area contributed by atoms with Gasteiger partial charge in [-0.05, 0) is 17.5 Å². The smallest absolute Gasteiger partial charge is 0.314 e. The summed E-state index contributed by atoms with van der Waals surface area (Å²) in [5, 5.41) is 3.12. The van der Waals surface area contributed by atoms with E-state index in [9.17, 15) is 13.2 Å². The Hall–Kier alpha value is -0.780. The highest BCUT2D eigenvalue weighted by Crippen LogP contribution is 2.41. The second-order valence-corrected chi connectivity index (χ2v) is 6.20. The molecule has 0 spiro atoms. The predicted molar refractivity (Wildman–Crippen MR) is 83.1 cm³/mol. The van der Waals surface area contributed by atoms with Crippen molar-refractivity contribution in [2.24, 2.45) is 5.92 Å². The van der Waals surface area contributed by atoms with Crippen LogP contribution in [-0.2, 0) is 6.18 Å². The zero-order valence-corrected chi connectivity index (χ0v) is 13.6. The molecule has 2 atom stereocenters. The van der Waals surface area contributed by atoms with E-state index in [2.05, 4.69) is 24.1 Å². The molecular weight excluding hydrogens is 313 g/mol. The van der Waals surface area contributed by atoms with Crippen molar-refractivity contribution in [2.45, 2.75) is 32.5 Å². The van der Waals surface area contributed by atoms with Crippen molar-refractivity contribution < 1.29 is 13.2 Å². The lowest BCUT2D eigenvalue weighted by molar-refractivity contribution is -0.137. The summed E-state index contributed by atoms with van der Waals surface area (Å²) in [5.74, 6) is 0.235. The molecule has 1 N–H and O–H groups in total. The minimum absolute atomic E-state index is 0.0816. The summed E-state index contributed by atoms with van der Waals surface area (Å²) in [6.07, 6.45) is -3.53. The molecule has 2 nitrogen and oxygen atoms in total. The number of nitrogens with zero attached hydrogens (tertiary/aromatic N) is 1. The lowest BCUT2D eigenvalue weighted by Gasteiger charge is -2.39. The maximum Gasteiger partial charge on any atom is 0.417 e. The van der Waals surface area contributed by atoms with E-state index in [1.807, 2.05) is 0 Å². The summed E-state index contributed by atoms with van der Waals surface area (Å²) >= 11 is 6.15. The lowest BCUT2D eigenvalue weighted by Crippen LogP contribution is -2.46. The number of rotatable bonds is 4. The van der Waals surface area contributed by atoms with Crippen LogP contribution < -0.4 is 5.32 Å². The fourth-order valence-electron chi connectivity index (χ4n) is 3.04. The fraction of sp³-hybridized carbons (Fsp3) is 0.625. The van der Waals surface area contributed by atoms with E-state index in [4.69, 9.17) is 11.6 Å². The van der Waals surface area contributed by atoms with Crippen LogP contribution in [0.3, 0.4) is 0 Å². The van der Waals surface area contributed by atoms with Crippen LogP contribution in [0.1, 0.15) is 37.4 Å². The van der Waals surface area contributed by atoms with Gasteiger partial charge in [0.05, 0.1) is 10.6 Å². The summed E-state index contributed by atoms with van der Waals surface area (Å²) in [5.41, 5.74) is -0.150. The van der Waals surface area contributed by atoms with Crippen molar-refractivity contribution in [3.05, 3.63) is 34.3 Å². The molecule has 6 heteroatoms. The van der Waals surface area contributed by atoms with Gasteiger partial charge in [-0.2, -0.15) is 13.2 Å². The monoisotopic (exact) mass is 334 g/mol. The number of hydrogen-bond acceptors (Lipinski definition) is 2. The molecule has 1 aromatic rings. The van der Waals surface area contributed by atoms with Crippen LogP contribution in [-0.4, -0.2) is 31.1 Å². The average molecular weight is 335 g/mol. The molecule has 22 heavy (non-hydrogen) atoms. The van der Waals surface area contributed by atoms with E-state index >= 15 is 0 Å². The van der Waals surface area contributed by atoms with Crippen molar-refractivity contribution in [1.29, 1.82) is 0 Å². The third-order valence-corrected chi connectivity index (χ3v) is 4.80. The number of hydrogen-bond donors (Lipinski definition) is 1. The highest BCUT2D eigenvalue weighted by molar-refractivity contribution is 6.32. The van der Waals surface area contributed by atoms with Crippen LogP contribution >= 0.6 is 11.6 Å². The average Bonchev–Trinajstić information content (AvgIpc) is 2.49. The molecule has 124 valence electrons. The van der Waals surface area contributed by atoms with Crippen LogP contribution in [0.2, 0.25) is 5.02 Å². The third-order valence-electron chi connectivity index (χ3n) is 4.38. The van der Waals surface area contributed by atoms with Crippen LogP contribution in [0.25, 0.3) is 0 Å². The molecule has 0 aliphatic carbocycles. The molecule has 1 heterocycles. The molecule has 2 rings (SSSR count). The van der Waals surface area contributed by atoms with Crippen molar-refractivity contribution in [3.8, 4) is 0 Å². The first-order valence-corrected chi connectivity index (χ1v) is 8.04. The molecular formula is C16H22ClF3N2. The number of piperazine rings is 1. The summed E-state index contributed by atoms with van der Waals surface area (Å²) in [4.78, 5) is 2.24. The van der Waals surface area contributed by atoms with Crippen LogP contribution in [0.5, 0.6) is 0 Å². The van der Waals surface area contributed by atoms with E-state index < -0.39 is 11.7 Å². The first kappa shape index (κ1) is 17.6. The van der Waals surface area contributed by atoms with E-state index in [1.54, 1.807) is 6.07 Å². The first-order chi connectivity index (χ1) is 10.4. The molecule has 0 radical (unpaired) electrons. The lowest BCUT2D eigenvalue weighted by atomic mass is 9.89. The Morgan fingerprint density at radius 2 is 1.91 bits per heavy atom. The number of halogens is 4. The molecule has 1 aliphatic rings. The Bertz CT molecular complexity index is 499. The van der Waals surface area contributed by atoms with Crippen molar-refractivity contribution >= 4 is 11.6 Å². The van der Waals surface area contributed by atoms with Gasteiger partial charge < -0.3 is 5.32 Å². The molecule has 0 saturated carbocycles. The second-order valence-electron chi connectivity index (χ2n) is 5.82. The van der Waals surface area contributed by atoms with Gasteiger partial charge in [-0.25, -0.2) is 0 Å². The zero-order chi connectivity index (χ0) is 16.3. The van der Waals surface area contributed by atoms with Crippen molar-refractivity contribution in [2.75, 3.05) is 26.2 Å². The van der Waals surface area contributed by atoms with Gasteiger partial charge in [-0.15, -0.1) is 0 Å². The summed E-state index contributed by atoms with van der Waals surface area (Å²) in [6, 6.07) is 4.16. The predicted octanol–water partition coefficient (Wildman–Crippen LogP) is 4.35. The van der Waals surface area contributed by atoms with Crippen molar-refractivity contribution in [1.82, 2.24) is 10.2 Å². The maximum absolute atomic E-state index is 13.1. The zero-order valence-electron chi connectivity index (χ0n) is 12.9. The topological polar surface area (TPSA) is 15.3 Å². The van der Waals surface area contributed by atoms with E-state index in [-0.39, 0.29) is 17.0 Å². The van der Waals surface area contributed by atoms with E-state index in [1.165, 1.54) is 6.07 Å². The quantitative estimate of drug-likeness (QED) is 0.880. The van der Waals surface area contributed by atoms with Gasteiger partial charge >= 0.3 is 6.18 Å². The number of benzene rings is 1. The molecule has 1 unspecified atom stereocenters. The third kappa shape index (κ3) is 3.76. The van der Waals surface area contributed by atoms with Crippen molar-refractivity contribution in [3.63, 3.8) is 0 Å². The van der Waals surface area contributed by atoms with Gasteiger partial charge in [-0.1, -0.05) is 44.0 Å². The first-order valence-electron chi connectivity index (χ1n) is 7.66. The fourth-order valence-corrected chi connectivity index (χ4v) is 3.39. The molecule has 1 aliphatic heterocycles. The van der Waals surface area contributed by atoms with Gasteiger partial charge in [0, 0.05) is 32.2 Å². The van der Waals surface area contributed by atoms with Gasteiger partial charge in [0.2, 0.25) is 0 Å². The largest absolute Gasteiger partial charge is 0.417 e. The SMILES string of the molecule is CCC(C)[C@H](c1cccc(C(F)(F)F)c1Cl)N1CCNCC1. The molecule has 0 bridgehead atoms. The standard InChI is InChI=1S/C16H22ClF3N2/c1-3-11(2)15(22-9-7-21-8-10-22)12-5-4-6-13(14(12)17)16(18,19)20/h4-6,11,15,21H,3,7-10H2,1-2H3/t11?,15-/m1/s1. The Labute approximate surface area is 134 Å². The molecule has 1 fully saturated rings. The Morgan fingerprint density at radius 3 is 2.45 bits per heavy atom. The Morgan fingerprint density at radius 1 is 1.27 bits per heavy atom. The maximum atomic E-state index is 13.1. The van der Waals surface area contributed by atoms with Crippen LogP contribution in [0.15, 0.2) is 18.2 Å². The molecule has 0 aromatic heterocycles. The number of alkyl halides is 3. The highest BCUT2D eigenvalue weighted by Gasteiger charge is 2.36. The Balaban J connectivity index is 2.43. The number of nitrogens with one attached hydrogen (secondary N) is 1. The highest BCUT2D eigenvalue weighted by atomic mass is 35.5. The summed E-state index contributed by atoms with van der Waals surface area (Å²) in [6.45, 7) is 7.47.